The minimum absolute atomic E-state index is 0.0919. The molecule has 0 aromatic heterocycles. The molecule has 3 N–H and O–H groups in total. The van der Waals surface area contributed by atoms with E-state index in [-0.39, 0.29) is 57.0 Å². The van der Waals surface area contributed by atoms with Crippen molar-refractivity contribution in [1.29, 1.82) is 0 Å². The zero-order valence-electron chi connectivity index (χ0n) is 35.3. The molecular weight excluding hydrogens is 815 g/mol. The molecule has 4 aromatic carbocycles. The lowest BCUT2D eigenvalue weighted by Gasteiger charge is -2.35. The molecule has 3 amide bonds. The minimum Gasteiger partial charge on any atom is -0.494 e. The fourth-order valence-electron chi connectivity index (χ4n) is 9.55. The molecular formula is C47H56ClFN4O7Si. The summed E-state index contributed by atoms with van der Waals surface area (Å²) in [6, 6.07) is 27.5. The fourth-order valence-corrected chi connectivity index (χ4v) is 12.2. The van der Waals surface area contributed by atoms with E-state index in [1.54, 1.807) is 46.0 Å². The molecule has 14 heteroatoms. The molecule has 1 unspecified atom stereocenters. The summed E-state index contributed by atoms with van der Waals surface area (Å²) in [4.78, 5) is 48.1. The summed E-state index contributed by atoms with van der Waals surface area (Å²) < 4.78 is 29.2. The maximum absolute atomic E-state index is 16.6. The highest BCUT2D eigenvalue weighted by molar-refractivity contribution is 6.72. The second-order valence-corrected chi connectivity index (χ2v) is 21.0. The Balaban J connectivity index is 1.16. The molecule has 11 nitrogen and oxygen atoms in total. The molecule has 3 heterocycles. The molecule has 7 rings (SSSR count). The molecule has 61 heavy (non-hydrogen) atoms. The topological polar surface area (TPSA) is 132 Å². The van der Waals surface area contributed by atoms with Crippen LogP contribution in [0, 0.1) is 5.92 Å². The van der Waals surface area contributed by atoms with Crippen LogP contribution in [0.25, 0.3) is 0 Å². The molecule has 0 saturated carbocycles. The van der Waals surface area contributed by atoms with Gasteiger partial charge in [-0.3, -0.25) is 19.3 Å². The van der Waals surface area contributed by atoms with Gasteiger partial charge in [0.25, 0.3) is 5.91 Å². The molecule has 1 spiro atoms. The van der Waals surface area contributed by atoms with E-state index in [1.807, 2.05) is 86.6 Å². The third-order valence-electron chi connectivity index (χ3n) is 12.3. The second kappa shape index (κ2) is 18.8. The van der Waals surface area contributed by atoms with Gasteiger partial charge in [-0.2, -0.15) is 0 Å². The number of halogens is 2. The molecule has 324 valence electrons. The number of nitrogens with one attached hydrogen (secondary N) is 1. The molecule has 3 aliphatic heterocycles. The molecule has 0 bridgehead atoms. The monoisotopic (exact) mass is 870 g/mol. The molecule has 4 aromatic rings. The Labute approximate surface area is 363 Å². The second-order valence-electron chi connectivity index (χ2n) is 16.8. The standard InChI is InChI=1S/C47H56ClFN4O7Si/c1-5-59-37-18-20-40-34(25-37)26-39(50-21-9-10-23-54)45(57)53(40)36-16-13-33(14-17-36)30-52-41-19-15-35(48)27-38(41)47(46(52)58)31(2)44(61(3,4)49)42(60-47)28-43(56)51(22-24-55)29-32-11-7-6-8-12-32/h6-8,11-20,25,27,31,39,42,44,50,54-55H,5,9-10,21-24,26,28-30H2,1-4H3/t31-,39?,42+,44-,47+/m0/s1. The summed E-state index contributed by atoms with van der Waals surface area (Å²) in [5.41, 5.74) is 2.94. The van der Waals surface area contributed by atoms with Gasteiger partial charge < -0.3 is 38.9 Å². The number of hydrogen-bond donors (Lipinski definition) is 3. The normalized spacial score (nSPS) is 22.2. The van der Waals surface area contributed by atoms with E-state index in [0.29, 0.717) is 48.0 Å². The zero-order chi connectivity index (χ0) is 43.5. The van der Waals surface area contributed by atoms with Crippen LogP contribution in [0.4, 0.5) is 21.2 Å². The first kappa shape index (κ1) is 44.4. The molecule has 1 fully saturated rings. The number of nitrogens with zero attached hydrogens (tertiary/aromatic N) is 3. The molecule has 3 aliphatic rings. The zero-order valence-corrected chi connectivity index (χ0v) is 37.0. The Morgan fingerprint density at radius 3 is 2.41 bits per heavy atom. The van der Waals surface area contributed by atoms with E-state index in [4.69, 9.17) is 21.1 Å². The van der Waals surface area contributed by atoms with Crippen LogP contribution in [0.2, 0.25) is 23.7 Å². The number of benzene rings is 4. The van der Waals surface area contributed by atoms with Crippen molar-refractivity contribution in [2.45, 2.75) is 89.0 Å². The number of unbranched alkanes of at least 4 members (excludes halogenated alkanes) is 1. The lowest BCUT2D eigenvalue weighted by molar-refractivity contribution is -0.150. The van der Waals surface area contributed by atoms with Crippen molar-refractivity contribution in [3.8, 4) is 5.75 Å². The average Bonchev–Trinajstić information content (AvgIpc) is 3.65. The number of ether oxygens (including phenoxy) is 2. The van der Waals surface area contributed by atoms with E-state index in [0.717, 1.165) is 34.5 Å². The van der Waals surface area contributed by atoms with Crippen molar-refractivity contribution in [2.24, 2.45) is 5.92 Å². The number of carbonyl (C=O) groups excluding carboxylic acids is 3. The van der Waals surface area contributed by atoms with Gasteiger partial charge in [0.1, 0.15) is 5.75 Å². The maximum atomic E-state index is 16.6. The predicted molar refractivity (Wildman–Crippen MR) is 237 cm³/mol. The number of amides is 3. The van der Waals surface area contributed by atoms with Gasteiger partial charge in [-0.25, -0.2) is 0 Å². The van der Waals surface area contributed by atoms with E-state index < -0.39 is 37.6 Å². The van der Waals surface area contributed by atoms with Crippen molar-refractivity contribution in [2.75, 3.05) is 42.7 Å². The lowest BCUT2D eigenvalue weighted by atomic mass is 9.82. The van der Waals surface area contributed by atoms with Crippen molar-refractivity contribution in [3.05, 3.63) is 118 Å². The summed E-state index contributed by atoms with van der Waals surface area (Å²) in [7, 11) is -3.58. The van der Waals surface area contributed by atoms with Crippen molar-refractivity contribution in [1.82, 2.24) is 10.2 Å². The van der Waals surface area contributed by atoms with Gasteiger partial charge >= 0.3 is 0 Å². The average molecular weight is 872 g/mol. The van der Waals surface area contributed by atoms with Gasteiger partial charge in [0, 0.05) is 47.4 Å². The van der Waals surface area contributed by atoms with Crippen molar-refractivity contribution < 1.29 is 38.2 Å². The number of aliphatic hydroxyl groups is 2. The third kappa shape index (κ3) is 9.00. The van der Waals surface area contributed by atoms with E-state index in [2.05, 4.69) is 5.32 Å². The minimum atomic E-state index is -3.58. The Kier molecular flexibility index (Phi) is 13.7. The number of rotatable bonds is 17. The van der Waals surface area contributed by atoms with Crippen molar-refractivity contribution >= 4 is 54.8 Å². The van der Waals surface area contributed by atoms with E-state index in [9.17, 15) is 19.8 Å². The number of fused-ring (bicyclic) bond motifs is 3. The molecule has 5 atom stereocenters. The summed E-state index contributed by atoms with van der Waals surface area (Å²) >= 11 is 6.62. The van der Waals surface area contributed by atoms with Gasteiger partial charge in [-0.1, -0.05) is 61.0 Å². The van der Waals surface area contributed by atoms with Crippen LogP contribution in [-0.2, 0) is 44.2 Å². The maximum Gasteiger partial charge on any atom is 0.264 e. The highest BCUT2D eigenvalue weighted by atomic mass is 35.5. The van der Waals surface area contributed by atoms with Crippen LogP contribution in [0.3, 0.4) is 0 Å². The highest BCUT2D eigenvalue weighted by Crippen LogP contribution is 2.60. The first-order valence-corrected chi connectivity index (χ1v) is 24.6. The SMILES string of the molecule is CCOc1ccc2c(c1)CC(NCCCCO)C(=O)N2c1ccc(CN2C(=O)[C@]3(O[C@H](CC(=O)N(CCO)Cc4ccccc4)[C@@H]([Si](C)(C)F)[C@@H]3C)c3cc(Cl)ccc32)cc1. The van der Waals surface area contributed by atoms with Gasteiger partial charge in [0.15, 0.2) is 5.60 Å². The number of aliphatic hydroxyl groups excluding tert-OH is 2. The quantitative estimate of drug-likeness (QED) is 0.0568. The first-order valence-electron chi connectivity index (χ1n) is 21.2. The van der Waals surface area contributed by atoms with Gasteiger partial charge in [0.2, 0.25) is 20.2 Å². The molecule has 0 aliphatic carbocycles. The molecule has 0 radical (unpaired) electrons. The van der Waals surface area contributed by atoms with Crippen LogP contribution >= 0.6 is 11.6 Å². The number of carbonyl (C=O) groups is 3. The Bertz CT molecular complexity index is 2210. The Morgan fingerprint density at radius 1 is 0.984 bits per heavy atom. The predicted octanol–water partition coefficient (Wildman–Crippen LogP) is 7.42. The van der Waals surface area contributed by atoms with Crippen LogP contribution in [0.5, 0.6) is 5.75 Å². The Morgan fingerprint density at radius 2 is 1.72 bits per heavy atom. The van der Waals surface area contributed by atoms with E-state index >= 15 is 8.90 Å². The Hall–Kier alpha value is -4.63. The van der Waals surface area contributed by atoms with Gasteiger partial charge in [-0.05, 0) is 111 Å². The van der Waals surface area contributed by atoms with Gasteiger partial charge in [0.05, 0.1) is 49.7 Å². The van der Waals surface area contributed by atoms with Crippen LogP contribution in [-0.4, -0.2) is 86.3 Å². The van der Waals surface area contributed by atoms with Crippen molar-refractivity contribution in [3.63, 3.8) is 0 Å². The van der Waals surface area contributed by atoms with Crippen LogP contribution in [0.15, 0.2) is 91.0 Å². The first-order chi connectivity index (χ1) is 29.3. The number of anilines is 3. The number of hydrogen-bond acceptors (Lipinski definition) is 8. The fraction of sp³-hybridized carbons (Fsp3) is 0.426. The van der Waals surface area contributed by atoms with Gasteiger partial charge in [-0.15, -0.1) is 0 Å². The van der Waals surface area contributed by atoms with Crippen LogP contribution < -0.4 is 19.9 Å². The molecule has 1 saturated heterocycles. The summed E-state index contributed by atoms with van der Waals surface area (Å²) in [5, 5.41) is 22.9. The summed E-state index contributed by atoms with van der Waals surface area (Å²) in [6.45, 7) is 8.46. The third-order valence-corrected chi connectivity index (χ3v) is 15.0. The summed E-state index contributed by atoms with van der Waals surface area (Å²) in [6.07, 6.45) is 0.824. The van der Waals surface area contributed by atoms with Crippen LogP contribution in [0.1, 0.15) is 55.4 Å². The highest BCUT2D eigenvalue weighted by Gasteiger charge is 2.67. The lowest BCUT2D eigenvalue weighted by Crippen LogP contribution is -2.49. The van der Waals surface area contributed by atoms with E-state index in [1.165, 1.54) is 0 Å². The summed E-state index contributed by atoms with van der Waals surface area (Å²) in [5.74, 6) is -0.639. The largest absolute Gasteiger partial charge is 0.494 e. The smallest absolute Gasteiger partial charge is 0.264 e.